The average molecular weight is 328 g/mol. The molecule has 0 aliphatic heterocycles. The topological polar surface area (TPSA) is 52.3 Å². The standard InChI is InChI=1S/C15H12Cl2FNO2/c1-8-13(18)5-9(6-14(8)19)15(20)21-7-10-4-11(16)2-3-12(10)17/h2-6H,7,19H2,1H3. The second kappa shape index (κ2) is 6.33. The monoisotopic (exact) mass is 327 g/mol. The van der Waals surface area contributed by atoms with Gasteiger partial charge in [0.15, 0.2) is 0 Å². The molecular weight excluding hydrogens is 316 g/mol. The Morgan fingerprint density at radius 1 is 1.29 bits per heavy atom. The molecule has 0 radical (unpaired) electrons. The molecule has 3 nitrogen and oxygen atoms in total. The van der Waals surface area contributed by atoms with Crippen molar-refractivity contribution in [3.8, 4) is 0 Å². The molecule has 2 aromatic carbocycles. The predicted octanol–water partition coefficient (Wildman–Crippen LogP) is 4.38. The zero-order valence-corrected chi connectivity index (χ0v) is 12.6. The van der Waals surface area contributed by atoms with E-state index in [1.807, 2.05) is 0 Å². The number of benzene rings is 2. The largest absolute Gasteiger partial charge is 0.457 e. The van der Waals surface area contributed by atoms with E-state index in [0.717, 1.165) is 6.07 Å². The predicted molar refractivity (Wildman–Crippen MR) is 81.1 cm³/mol. The molecule has 0 spiro atoms. The number of nitrogen functional groups attached to an aromatic ring is 1. The molecule has 2 aromatic rings. The lowest BCUT2D eigenvalue weighted by Gasteiger charge is -2.09. The Kier molecular flexibility index (Phi) is 4.70. The molecule has 0 aliphatic rings. The molecule has 0 bridgehead atoms. The second-order valence-electron chi connectivity index (χ2n) is 4.48. The van der Waals surface area contributed by atoms with Crippen LogP contribution in [0.1, 0.15) is 21.5 Å². The third kappa shape index (κ3) is 3.65. The van der Waals surface area contributed by atoms with E-state index in [2.05, 4.69) is 0 Å². The maximum absolute atomic E-state index is 13.6. The van der Waals surface area contributed by atoms with E-state index in [9.17, 15) is 9.18 Å². The molecule has 2 N–H and O–H groups in total. The molecule has 0 saturated carbocycles. The van der Waals surface area contributed by atoms with E-state index in [1.54, 1.807) is 18.2 Å². The minimum Gasteiger partial charge on any atom is -0.457 e. The number of hydrogen-bond donors (Lipinski definition) is 1. The van der Waals surface area contributed by atoms with Gasteiger partial charge in [0, 0.05) is 26.9 Å². The smallest absolute Gasteiger partial charge is 0.338 e. The van der Waals surface area contributed by atoms with Gasteiger partial charge in [0.05, 0.1) is 5.56 Å². The first-order valence-corrected chi connectivity index (χ1v) is 6.80. The van der Waals surface area contributed by atoms with Gasteiger partial charge in [-0.15, -0.1) is 0 Å². The molecule has 0 atom stereocenters. The Morgan fingerprint density at radius 3 is 2.67 bits per heavy atom. The molecule has 0 saturated heterocycles. The van der Waals surface area contributed by atoms with Gasteiger partial charge in [0.2, 0.25) is 0 Å². The van der Waals surface area contributed by atoms with E-state index in [0.29, 0.717) is 21.2 Å². The Hall–Kier alpha value is -1.78. The molecule has 2 rings (SSSR count). The van der Waals surface area contributed by atoms with Crippen LogP contribution in [-0.4, -0.2) is 5.97 Å². The highest BCUT2D eigenvalue weighted by atomic mass is 35.5. The van der Waals surface area contributed by atoms with E-state index in [4.69, 9.17) is 33.7 Å². The molecule has 110 valence electrons. The molecule has 21 heavy (non-hydrogen) atoms. The fourth-order valence-electron chi connectivity index (χ4n) is 1.70. The van der Waals surface area contributed by atoms with Crippen LogP contribution >= 0.6 is 23.2 Å². The normalized spacial score (nSPS) is 10.5. The van der Waals surface area contributed by atoms with Crippen molar-refractivity contribution in [1.82, 2.24) is 0 Å². The Balaban J connectivity index is 2.13. The summed E-state index contributed by atoms with van der Waals surface area (Å²) in [5, 5.41) is 0.915. The van der Waals surface area contributed by atoms with Crippen LogP contribution in [0.15, 0.2) is 30.3 Å². The number of esters is 1. The Bertz CT molecular complexity index is 681. The van der Waals surface area contributed by atoms with Crippen molar-refractivity contribution in [2.75, 3.05) is 5.73 Å². The summed E-state index contributed by atoms with van der Waals surface area (Å²) in [6.07, 6.45) is 0. The van der Waals surface area contributed by atoms with Crippen molar-refractivity contribution < 1.29 is 13.9 Å². The summed E-state index contributed by atoms with van der Waals surface area (Å²) in [4.78, 5) is 11.9. The molecule has 0 unspecified atom stereocenters. The van der Waals surface area contributed by atoms with Crippen molar-refractivity contribution in [3.63, 3.8) is 0 Å². The number of carbonyl (C=O) groups is 1. The van der Waals surface area contributed by atoms with Crippen molar-refractivity contribution in [2.45, 2.75) is 13.5 Å². The Morgan fingerprint density at radius 2 is 2.00 bits per heavy atom. The number of carbonyl (C=O) groups excluding carboxylic acids is 1. The van der Waals surface area contributed by atoms with E-state index >= 15 is 0 Å². The first-order chi connectivity index (χ1) is 9.88. The highest BCUT2D eigenvalue weighted by Gasteiger charge is 2.13. The summed E-state index contributed by atoms with van der Waals surface area (Å²) < 4.78 is 18.6. The van der Waals surface area contributed by atoms with Crippen molar-refractivity contribution >= 4 is 34.9 Å². The lowest BCUT2D eigenvalue weighted by molar-refractivity contribution is 0.0472. The maximum Gasteiger partial charge on any atom is 0.338 e. The zero-order valence-electron chi connectivity index (χ0n) is 11.1. The highest BCUT2D eigenvalue weighted by Crippen LogP contribution is 2.22. The molecular formula is C15H12Cl2FNO2. The first-order valence-electron chi connectivity index (χ1n) is 6.05. The summed E-state index contributed by atoms with van der Waals surface area (Å²) in [6.45, 7) is 1.47. The average Bonchev–Trinajstić information content (AvgIpc) is 2.44. The third-order valence-corrected chi connectivity index (χ3v) is 3.59. The minimum atomic E-state index is -0.684. The lowest BCUT2D eigenvalue weighted by atomic mass is 10.1. The number of anilines is 1. The number of nitrogens with two attached hydrogens (primary N) is 1. The van der Waals surface area contributed by atoms with Crippen LogP contribution in [-0.2, 0) is 11.3 Å². The minimum absolute atomic E-state index is 0.0498. The quantitative estimate of drug-likeness (QED) is 0.672. The van der Waals surface area contributed by atoms with Gasteiger partial charge in [0.1, 0.15) is 12.4 Å². The molecule has 0 fully saturated rings. The summed E-state index contributed by atoms with van der Waals surface area (Å²) in [6, 6.07) is 7.30. The van der Waals surface area contributed by atoms with Crippen molar-refractivity contribution in [1.29, 1.82) is 0 Å². The van der Waals surface area contributed by atoms with Crippen LogP contribution < -0.4 is 5.73 Å². The van der Waals surface area contributed by atoms with Crippen LogP contribution in [0.4, 0.5) is 10.1 Å². The van der Waals surface area contributed by atoms with E-state index in [1.165, 1.54) is 13.0 Å². The molecule has 0 amide bonds. The van der Waals surface area contributed by atoms with Gasteiger partial charge in [-0.25, -0.2) is 9.18 Å². The number of hydrogen-bond acceptors (Lipinski definition) is 3. The number of halogens is 3. The SMILES string of the molecule is Cc1c(N)cc(C(=O)OCc2cc(Cl)ccc2Cl)cc1F. The van der Waals surface area contributed by atoms with Gasteiger partial charge in [-0.1, -0.05) is 23.2 Å². The molecule has 0 aromatic heterocycles. The van der Waals surface area contributed by atoms with Crippen LogP contribution in [0.2, 0.25) is 10.0 Å². The summed E-state index contributed by atoms with van der Waals surface area (Å²) >= 11 is 11.8. The van der Waals surface area contributed by atoms with E-state index < -0.39 is 11.8 Å². The van der Waals surface area contributed by atoms with E-state index in [-0.39, 0.29) is 17.9 Å². The maximum atomic E-state index is 13.6. The number of rotatable bonds is 3. The van der Waals surface area contributed by atoms with Gasteiger partial charge < -0.3 is 10.5 Å². The van der Waals surface area contributed by atoms with Crippen LogP contribution in [0.3, 0.4) is 0 Å². The summed E-state index contributed by atoms with van der Waals surface area (Å²) in [5.41, 5.74) is 6.73. The number of ether oxygens (including phenoxy) is 1. The van der Waals surface area contributed by atoms with Gasteiger partial charge in [-0.2, -0.15) is 0 Å². The first kappa shape index (κ1) is 15.6. The summed E-state index contributed by atoms with van der Waals surface area (Å²) in [5.74, 6) is -1.24. The van der Waals surface area contributed by atoms with Crippen molar-refractivity contribution in [2.24, 2.45) is 0 Å². The fraction of sp³-hybridized carbons (Fsp3) is 0.133. The van der Waals surface area contributed by atoms with Gasteiger partial charge in [-0.3, -0.25) is 0 Å². The van der Waals surface area contributed by atoms with Gasteiger partial charge >= 0.3 is 5.97 Å². The van der Waals surface area contributed by atoms with Crippen LogP contribution in [0, 0.1) is 12.7 Å². The van der Waals surface area contributed by atoms with Gasteiger partial charge in [0.25, 0.3) is 0 Å². The highest BCUT2D eigenvalue weighted by molar-refractivity contribution is 6.33. The second-order valence-corrected chi connectivity index (χ2v) is 5.33. The molecule has 0 aliphatic carbocycles. The molecule has 6 heteroatoms. The fourth-order valence-corrected chi connectivity index (χ4v) is 2.07. The molecule has 0 heterocycles. The van der Waals surface area contributed by atoms with Crippen molar-refractivity contribution in [3.05, 3.63) is 62.9 Å². The Labute approximate surface area is 131 Å². The third-order valence-electron chi connectivity index (χ3n) is 2.99. The van der Waals surface area contributed by atoms with Crippen LogP contribution in [0.25, 0.3) is 0 Å². The summed E-state index contributed by atoms with van der Waals surface area (Å²) in [7, 11) is 0. The van der Waals surface area contributed by atoms with Crippen LogP contribution in [0.5, 0.6) is 0 Å². The zero-order chi connectivity index (χ0) is 15.6. The lowest BCUT2D eigenvalue weighted by Crippen LogP contribution is -2.08. The van der Waals surface area contributed by atoms with Gasteiger partial charge in [-0.05, 0) is 37.3 Å².